The maximum absolute atomic E-state index is 11.9. The van der Waals surface area contributed by atoms with E-state index in [2.05, 4.69) is 16.4 Å². The minimum absolute atomic E-state index is 0.120. The van der Waals surface area contributed by atoms with Gasteiger partial charge in [0.05, 0.1) is 11.5 Å². The number of hydrogen-bond acceptors (Lipinski definition) is 5. The number of hydrogen-bond donors (Lipinski definition) is 2. The molecule has 0 aliphatic carbocycles. The minimum Gasteiger partial charge on any atom is -0.481 e. The summed E-state index contributed by atoms with van der Waals surface area (Å²) in [6.45, 7) is 4.22. The van der Waals surface area contributed by atoms with Gasteiger partial charge in [-0.25, -0.2) is 4.98 Å². The summed E-state index contributed by atoms with van der Waals surface area (Å²) in [4.78, 5) is 29.8. The van der Waals surface area contributed by atoms with Gasteiger partial charge in [-0.1, -0.05) is 0 Å². The van der Waals surface area contributed by atoms with Crippen LogP contribution in [0.25, 0.3) is 0 Å². The Hall–Kier alpha value is -2.62. The van der Waals surface area contributed by atoms with E-state index in [0.29, 0.717) is 11.4 Å². The van der Waals surface area contributed by atoms with Gasteiger partial charge in [0, 0.05) is 25.3 Å². The number of aromatic nitrogens is 1. The summed E-state index contributed by atoms with van der Waals surface area (Å²) in [6.07, 6.45) is 0. The van der Waals surface area contributed by atoms with Crippen LogP contribution < -0.4 is 10.2 Å². The van der Waals surface area contributed by atoms with Crippen LogP contribution in [-0.4, -0.2) is 41.6 Å². The number of carbonyl (C=O) groups excluding carboxylic acids is 1. The third-order valence-corrected chi connectivity index (χ3v) is 4.60. The molecule has 1 aromatic heterocycles. The summed E-state index contributed by atoms with van der Waals surface area (Å²) in [7, 11) is 0. The molecule has 0 bridgehead atoms. The second-order valence-corrected chi connectivity index (χ2v) is 6.00. The lowest BCUT2D eigenvalue weighted by Gasteiger charge is -2.23. The van der Waals surface area contributed by atoms with Crippen molar-refractivity contribution in [3.8, 4) is 6.07 Å². The molecule has 2 fully saturated rings. The zero-order valence-corrected chi connectivity index (χ0v) is 12.4. The number of carboxylic acids is 1. The van der Waals surface area contributed by atoms with Crippen molar-refractivity contribution in [1.82, 2.24) is 10.3 Å². The molecule has 1 aromatic rings. The normalized spacial score (nSPS) is 26.5. The average molecular weight is 300 g/mol. The standard InChI is InChI=1S/C15H16N4O3/c1-8-3-9(2)18-12(10(8)4-16)19-5-11-13(20)17-6-15(11,7-19)14(21)22/h3,11H,5-7H2,1-2H3,(H,17,20)(H,21,22)/t11-,15+/m0/s1. The number of aliphatic carboxylic acids is 1. The minimum atomic E-state index is -1.14. The summed E-state index contributed by atoms with van der Waals surface area (Å²) >= 11 is 0. The van der Waals surface area contributed by atoms with Crippen LogP contribution >= 0.6 is 0 Å². The van der Waals surface area contributed by atoms with Crippen molar-refractivity contribution in [2.24, 2.45) is 11.3 Å². The number of rotatable bonds is 2. The first-order valence-corrected chi connectivity index (χ1v) is 7.03. The fraction of sp³-hybridized carbons (Fsp3) is 0.467. The predicted octanol–water partition coefficient (Wildman–Crippen LogP) is 0.207. The fourth-order valence-corrected chi connectivity index (χ4v) is 3.43. The average Bonchev–Trinajstić information content (AvgIpc) is 2.97. The molecule has 0 radical (unpaired) electrons. The summed E-state index contributed by atoms with van der Waals surface area (Å²) in [5.41, 5.74) is 0.864. The van der Waals surface area contributed by atoms with Crippen LogP contribution in [0.1, 0.15) is 16.8 Å². The number of aryl methyl sites for hydroxylation is 2. The van der Waals surface area contributed by atoms with Crippen LogP contribution in [0.5, 0.6) is 0 Å². The molecule has 2 atom stereocenters. The molecular weight excluding hydrogens is 284 g/mol. The molecule has 3 rings (SSSR count). The van der Waals surface area contributed by atoms with Crippen molar-refractivity contribution in [3.63, 3.8) is 0 Å². The summed E-state index contributed by atoms with van der Waals surface area (Å²) in [5, 5.41) is 21.6. The zero-order valence-electron chi connectivity index (χ0n) is 12.4. The number of fused-ring (bicyclic) bond motifs is 1. The van der Waals surface area contributed by atoms with Crippen molar-refractivity contribution in [2.75, 3.05) is 24.5 Å². The largest absolute Gasteiger partial charge is 0.481 e. The molecule has 22 heavy (non-hydrogen) atoms. The topological polar surface area (TPSA) is 106 Å². The molecule has 2 saturated heterocycles. The smallest absolute Gasteiger partial charge is 0.314 e. The fourth-order valence-electron chi connectivity index (χ4n) is 3.43. The number of nitrogens with zero attached hydrogens (tertiary/aromatic N) is 3. The lowest BCUT2D eigenvalue weighted by molar-refractivity contribution is -0.149. The highest BCUT2D eigenvalue weighted by Crippen LogP contribution is 2.42. The molecule has 0 unspecified atom stereocenters. The molecular formula is C15H16N4O3. The van der Waals surface area contributed by atoms with E-state index in [0.717, 1.165) is 11.3 Å². The molecule has 7 nitrogen and oxygen atoms in total. The Labute approximate surface area is 127 Å². The van der Waals surface area contributed by atoms with Gasteiger partial charge in [-0.2, -0.15) is 5.26 Å². The van der Waals surface area contributed by atoms with Gasteiger partial charge in [0.1, 0.15) is 17.3 Å². The number of carboxylic acid groups (broad SMARTS) is 1. The molecule has 3 heterocycles. The van der Waals surface area contributed by atoms with Crippen molar-refractivity contribution < 1.29 is 14.7 Å². The van der Waals surface area contributed by atoms with Crippen LogP contribution in [0.4, 0.5) is 5.82 Å². The second kappa shape index (κ2) is 4.70. The number of carbonyl (C=O) groups is 2. The Morgan fingerprint density at radius 3 is 2.91 bits per heavy atom. The predicted molar refractivity (Wildman–Crippen MR) is 77.2 cm³/mol. The molecule has 2 aliphatic heterocycles. The molecule has 0 saturated carbocycles. The Balaban J connectivity index is 2.05. The maximum atomic E-state index is 11.9. The van der Waals surface area contributed by atoms with E-state index in [1.807, 2.05) is 19.9 Å². The second-order valence-electron chi connectivity index (χ2n) is 6.00. The Kier molecular flexibility index (Phi) is 3.06. The number of pyridine rings is 1. The van der Waals surface area contributed by atoms with Gasteiger partial charge in [-0.3, -0.25) is 9.59 Å². The lowest BCUT2D eigenvalue weighted by atomic mass is 9.81. The summed E-state index contributed by atoms with van der Waals surface area (Å²) < 4.78 is 0. The first-order chi connectivity index (χ1) is 10.4. The van der Waals surface area contributed by atoms with Gasteiger partial charge in [-0.05, 0) is 25.5 Å². The Morgan fingerprint density at radius 1 is 1.59 bits per heavy atom. The van der Waals surface area contributed by atoms with E-state index in [1.54, 1.807) is 4.90 Å². The van der Waals surface area contributed by atoms with E-state index in [4.69, 9.17) is 0 Å². The van der Waals surface area contributed by atoms with Crippen molar-refractivity contribution >= 4 is 17.7 Å². The Bertz CT molecular complexity index is 724. The van der Waals surface area contributed by atoms with Crippen molar-refractivity contribution in [2.45, 2.75) is 13.8 Å². The molecule has 114 valence electrons. The van der Waals surface area contributed by atoms with Crippen LogP contribution in [0.3, 0.4) is 0 Å². The zero-order chi connectivity index (χ0) is 16.1. The third-order valence-electron chi connectivity index (χ3n) is 4.60. The SMILES string of the molecule is Cc1cc(C)c(C#N)c(N2C[C@H]3C(=O)NC[C@@]3(C(=O)O)C2)n1. The molecule has 1 amide bonds. The van der Waals surface area contributed by atoms with E-state index < -0.39 is 17.3 Å². The summed E-state index contributed by atoms with van der Waals surface area (Å²) in [5.74, 6) is -1.36. The van der Waals surface area contributed by atoms with Crippen LogP contribution in [0.2, 0.25) is 0 Å². The van der Waals surface area contributed by atoms with E-state index in [1.165, 1.54) is 0 Å². The quantitative estimate of drug-likeness (QED) is 0.808. The molecule has 0 spiro atoms. The number of anilines is 1. The molecule has 7 heteroatoms. The lowest BCUT2D eigenvalue weighted by Crippen LogP contribution is -2.40. The van der Waals surface area contributed by atoms with Gasteiger partial charge in [0.2, 0.25) is 5.91 Å². The monoisotopic (exact) mass is 300 g/mol. The Morgan fingerprint density at radius 2 is 2.32 bits per heavy atom. The van der Waals surface area contributed by atoms with Crippen LogP contribution in [-0.2, 0) is 9.59 Å². The summed E-state index contributed by atoms with van der Waals surface area (Å²) in [6, 6.07) is 3.95. The van der Waals surface area contributed by atoms with Gasteiger partial charge in [0.25, 0.3) is 0 Å². The third kappa shape index (κ3) is 1.84. The van der Waals surface area contributed by atoms with E-state index >= 15 is 0 Å². The first kappa shape index (κ1) is 14.3. The maximum Gasteiger partial charge on any atom is 0.314 e. The van der Waals surface area contributed by atoms with Gasteiger partial charge in [0.15, 0.2) is 0 Å². The van der Waals surface area contributed by atoms with Crippen LogP contribution in [0, 0.1) is 36.5 Å². The van der Waals surface area contributed by atoms with Crippen molar-refractivity contribution in [3.05, 3.63) is 22.9 Å². The highest BCUT2D eigenvalue weighted by molar-refractivity contribution is 5.93. The highest BCUT2D eigenvalue weighted by atomic mass is 16.4. The van der Waals surface area contributed by atoms with E-state index in [9.17, 15) is 20.0 Å². The van der Waals surface area contributed by atoms with Crippen molar-refractivity contribution in [1.29, 1.82) is 5.26 Å². The van der Waals surface area contributed by atoms with Gasteiger partial charge < -0.3 is 15.3 Å². The highest BCUT2D eigenvalue weighted by Gasteiger charge is 2.60. The molecule has 0 aromatic carbocycles. The number of nitrogens with one attached hydrogen (secondary N) is 1. The van der Waals surface area contributed by atoms with E-state index in [-0.39, 0.29) is 25.5 Å². The molecule has 2 aliphatic rings. The van der Waals surface area contributed by atoms with Gasteiger partial charge >= 0.3 is 5.97 Å². The molecule has 2 N–H and O–H groups in total. The number of nitriles is 1. The first-order valence-electron chi connectivity index (χ1n) is 7.03. The number of amides is 1. The van der Waals surface area contributed by atoms with Gasteiger partial charge in [-0.15, -0.1) is 0 Å². The van der Waals surface area contributed by atoms with Crippen LogP contribution in [0.15, 0.2) is 6.07 Å².